The van der Waals surface area contributed by atoms with Crippen molar-refractivity contribution in [3.05, 3.63) is 82.9 Å². The fourth-order valence-electron chi connectivity index (χ4n) is 3.61. The normalized spacial score (nSPS) is 11.9. The number of benzene rings is 3. The first-order valence-electron chi connectivity index (χ1n) is 9.68. The molecule has 0 unspecified atom stereocenters. The summed E-state index contributed by atoms with van der Waals surface area (Å²) in [5.74, 6) is -0.499. The summed E-state index contributed by atoms with van der Waals surface area (Å²) in [4.78, 5) is 30.1. The van der Waals surface area contributed by atoms with E-state index in [1.807, 2.05) is 48.5 Å². The molecular formula is C24H20ClN3O3. The number of hydrogen-bond acceptors (Lipinski definition) is 4. The first kappa shape index (κ1) is 20.6. The number of nitrogens with one attached hydrogen (secondary N) is 1. The minimum Gasteiger partial charge on any atom is -0.495 e. The summed E-state index contributed by atoms with van der Waals surface area (Å²) in [6, 6.07) is 19.1. The molecule has 1 aromatic heterocycles. The van der Waals surface area contributed by atoms with Crippen LogP contribution in [0.15, 0.2) is 66.7 Å². The Morgan fingerprint density at radius 3 is 2.19 bits per heavy atom. The maximum atomic E-state index is 13.4. The van der Waals surface area contributed by atoms with Crippen LogP contribution in [0, 0.1) is 0 Å². The number of ether oxygens (including phenoxy) is 1. The molecule has 0 aliphatic rings. The van der Waals surface area contributed by atoms with Crippen LogP contribution in [0.1, 0.15) is 15.9 Å². The fourth-order valence-corrected chi connectivity index (χ4v) is 3.89. The third kappa shape index (κ3) is 4.15. The maximum absolute atomic E-state index is 13.4. The second-order valence-electron chi connectivity index (χ2n) is 7.12. The molecule has 0 spiro atoms. The minimum absolute atomic E-state index is 0.200. The summed E-state index contributed by atoms with van der Waals surface area (Å²) < 4.78 is 5.16. The van der Waals surface area contributed by atoms with Crippen molar-refractivity contribution >= 4 is 45.2 Å². The van der Waals surface area contributed by atoms with Crippen LogP contribution in [-0.2, 0) is 11.2 Å². The lowest BCUT2D eigenvalue weighted by Gasteiger charge is -2.18. The summed E-state index contributed by atoms with van der Waals surface area (Å²) >= 11 is 6.19. The van der Waals surface area contributed by atoms with E-state index in [2.05, 4.69) is 10.3 Å². The van der Waals surface area contributed by atoms with Gasteiger partial charge in [0.05, 0.1) is 28.7 Å². The van der Waals surface area contributed by atoms with Crippen LogP contribution in [0.4, 0.5) is 0 Å². The molecule has 2 amide bonds. The van der Waals surface area contributed by atoms with Crippen molar-refractivity contribution in [1.29, 1.82) is 0 Å². The Morgan fingerprint density at radius 2 is 1.65 bits per heavy atom. The zero-order valence-corrected chi connectivity index (χ0v) is 17.5. The molecule has 1 heterocycles. The highest BCUT2D eigenvalue weighted by Crippen LogP contribution is 2.27. The van der Waals surface area contributed by atoms with E-state index >= 15 is 0 Å². The Morgan fingerprint density at radius 1 is 1.03 bits per heavy atom. The molecule has 0 aliphatic carbocycles. The zero-order chi connectivity index (χ0) is 22.0. The molecule has 0 fully saturated rings. The van der Waals surface area contributed by atoms with Crippen molar-refractivity contribution in [1.82, 2.24) is 10.3 Å². The van der Waals surface area contributed by atoms with Crippen LogP contribution in [0.5, 0.6) is 5.75 Å². The van der Waals surface area contributed by atoms with Crippen molar-refractivity contribution in [3.63, 3.8) is 0 Å². The van der Waals surface area contributed by atoms with Gasteiger partial charge >= 0.3 is 0 Å². The molecule has 0 saturated heterocycles. The number of carbonyl (C=O) groups excluding carboxylic acids is 2. The smallest absolute Gasteiger partial charge is 0.253 e. The number of amides is 2. The number of fused-ring (bicyclic) bond motifs is 2. The van der Waals surface area contributed by atoms with Crippen molar-refractivity contribution in [2.45, 2.75) is 12.5 Å². The number of pyridine rings is 1. The molecular weight excluding hydrogens is 414 g/mol. The van der Waals surface area contributed by atoms with Crippen LogP contribution in [0.2, 0.25) is 5.02 Å². The van der Waals surface area contributed by atoms with Gasteiger partial charge in [0.25, 0.3) is 5.91 Å². The molecule has 6 nitrogen and oxygen atoms in total. The number of nitrogens with zero attached hydrogens (tertiary/aromatic N) is 1. The van der Waals surface area contributed by atoms with Gasteiger partial charge in [0.1, 0.15) is 11.8 Å². The molecule has 31 heavy (non-hydrogen) atoms. The maximum Gasteiger partial charge on any atom is 0.253 e. The minimum atomic E-state index is -0.914. The fraction of sp³-hybridized carbons (Fsp3) is 0.125. The molecule has 1 atom stereocenters. The summed E-state index contributed by atoms with van der Waals surface area (Å²) in [5.41, 5.74) is 8.21. The SMILES string of the molecule is COc1ccc(C[C@@H](NC(=O)c2c3ccccc3nc3ccccc23)C(N)=O)cc1Cl. The molecule has 0 aliphatic heterocycles. The van der Waals surface area contributed by atoms with E-state index in [1.165, 1.54) is 7.11 Å². The van der Waals surface area contributed by atoms with E-state index in [0.717, 1.165) is 5.56 Å². The van der Waals surface area contributed by atoms with Crippen LogP contribution >= 0.6 is 11.6 Å². The standard InChI is InChI=1S/C24H20ClN3O3/c1-31-21-11-10-14(12-17(21)25)13-20(23(26)29)28-24(30)22-15-6-2-4-8-18(15)27-19-9-5-3-7-16(19)22/h2-12,20H,13H2,1H3,(H2,26,29)(H,28,30)/t20-/m1/s1. The molecule has 0 radical (unpaired) electrons. The van der Waals surface area contributed by atoms with Gasteiger partial charge in [0.15, 0.2) is 0 Å². The Bertz CT molecular complexity index is 1250. The second-order valence-corrected chi connectivity index (χ2v) is 7.53. The van der Waals surface area contributed by atoms with Gasteiger partial charge in [0, 0.05) is 17.2 Å². The van der Waals surface area contributed by atoms with Gasteiger partial charge in [-0.3, -0.25) is 9.59 Å². The number of rotatable bonds is 6. The number of aromatic nitrogens is 1. The number of halogens is 1. The number of nitrogens with two attached hydrogens (primary N) is 1. The number of methoxy groups -OCH3 is 1. The van der Waals surface area contributed by atoms with E-state index in [1.54, 1.807) is 18.2 Å². The Hall–Kier alpha value is -3.64. The summed E-state index contributed by atoms with van der Waals surface area (Å²) in [6.45, 7) is 0. The first-order chi connectivity index (χ1) is 15.0. The first-order valence-corrected chi connectivity index (χ1v) is 10.1. The lowest BCUT2D eigenvalue weighted by atomic mass is 10.0. The van der Waals surface area contributed by atoms with E-state index < -0.39 is 17.9 Å². The highest BCUT2D eigenvalue weighted by molar-refractivity contribution is 6.32. The average Bonchev–Trinajstić information content (AvgIpc) is 2.77. The lowest BCUT2D eigenvalue weighted by molar-refractivity contribution is -0.119. The molecule has 3 aromatic carbocycles. The van der Waals surface area contributed by atoms with Crippen LogP contribution in [0.3, 0.4) is 0 Å². The van der Waals surface area contributed by atoms with Gasteiger partial charge in [-0.15, -0.1) is 0 Å². The van der Waals surface area contributed by atoms with Gasteiger partial charge in [0.2, 0.25) is 5.91 Å². The van der Waals surface area contributed by atoms with Crippen molar-refractivity contribution < 1.29 is 14.3 Å². The third-order valence-electron chi connectivity index (χ3n) is 5.12. The predicted molar refractivity (Wildman–Crippen MR) is 121 cm³/mol. The Balaban J connectivity index is 1.70. The summed E-state index contributed by atoms with van der Waals surface area (Å²) in [7, 11) is 1.52. The number of para-hydroxylation sites is 2. The van der Waals surface area contributed by atoms with Gasteiger partial charge in [-0.25, -0.2) is 4.98 Å². The van der Waals surface area contributed by atoms with Crippen molar-refractivity contribution in [2.75, 3.05) is 7.11 Å². The monoisotopic (exact) mass is 433 g/mol. The predicted octanol–water partition coefficient (Wildman–Crippen LogP) is 3.88. The number of hydrogen-bond donors (Lipinski definition) is 2. The zero-order valence-electron chi connectivity index (χ0n) is 16.8. The lowest BCUT2D eigenvalue weighted by Crippen LogP contribution is -2.46. The van der Waals surface area contributed by atoms with E-state index in [-0.39, 0.29) is 6.42 Å². The molecule has 156 valence electrons. The van der Waals surface area contributed by atoms with Crippen molar-refractivity contribution in [3.8, 4) is 5.75 Å². The molecule has 4 rings (SSSR count). The topological polar surface area (TPSA) is 94.3 Å². The van der Waals surface area contributed by atoms with Gasteiger partial charge in [-0.1, -0.05) is 54.1 Å². The molecule has 0 saturated carbocycles. The highest BCUT2D eigenvalue weighted by Gasteiger charge is 2.23. The largest absolute Gasteiger partial charge is 0.495 e. The van der Waals surface area contributed by atoms with E-state index in [9.17, 15) is 9.59 Å². The molecule has 0 bridgehead atoms. The average molecular weight is 434 g/mol. The van der Waals surface area contributed by atoms with E-state index in [4.69, 9.17) is 22.1 Å². The van der Waals surface area contributed by atoms with Crippen LogP contribution < -0.4 is 15.8 Å². The molecule has 7 heteroatoms. The molecule has 3 N–H and O–H groups in total. The van der Waals surface area contributed by atoms with E-state index in [0.29, 0.717) is 38.1 Å². The number of carbonyl (C=O) groups is 2. The Kier molecular flexibility index (Phi) is 5.73. The summed E-state index contributed by atoms with van der Waals surface area (Å²) in [5, 5.41) is 4.62. The van der Waals surface area contributed by atoms with Gasteiger partial charge in [-0.05, 0) is 29.8 Å². The number of primary amides is 1. The third-order valence-corrected chi connectivity index (χ3v) is 5.41. The highest BCUT2D eigenvalue weighted by atomic mass is 35.5. The van der Waals surface area contributed by atoms with Crippen molar-refractivity contribution in [2.24, 2.45) is 5.73 Å². The van der Waals surface area contributed by atoms with Gasteiger partial charge in [-0.2, -0.15) is 0 Å². The molecule has 4 aromatic rings. The van der Waals surface area contributed by atoms with Crippen LogP contribution in [0.25, 0.3) is 21.8 Å². The summed E-state index contributed by atoms with van der Waals surface area (Å²) in [6.07, 6.45) is 0.200. The van der Waals surface area contributed by atoms with Crippen LogP contribution in [-0.4, -0.2) is 29.9 Å². The second kappa shape index (κ2) is 8.62. The van der Waals surface area contributed by atoms with Gasteiger partial charge < -0.3 is 15.8 Å². The Labute approximate surface area is 184 Å². The quantitative estimate of drug-likeness (QED) is 0.451.